The van der Waals surface area contributed by atoms with Gasteiger partial charge >= 0.3 is 0 Å². The summed E-state index contributed by atoms with van der Waals surface area (Å²) < 4.78 is 14.1. The average Bonchev–Trinajstić information content (AvgIpc) is 2.72. The molecule has 0 saturated carbocycles. The Balaban J connectivity index is 1.79. The molecule has 1 aliphatic rings. The lowest BCUT2D eigenvalue weighted by Crippen LogP contribution is -2.49. The highest BCUT2D eigenvalue weighted by Crippen LogP contribution is 2.26. The highest BCUT2D eigenvalue weighted by atomic mass is 35.5. The number of hydrogen-bond acceptors (Lipinski definition) is 5. The Hall–Kier alpha value is -2.72. The van der Waals surface area contributed by atoms with E-state index in [1.807, 2.05) is 18.7 Å². The maximum Gasteiger partial charge on any atom is 0.258 e. The molecule has 28 heavy (non-hydrogen) atoms. The highest BCUT2D eigenvalue weighted by molar-refractivity contribution is 6.33. The van der Waals surface area contributed by atoms with E-state index >= 15 is 0 Å². The van der Waals surface area contributed by atoms with Gasteiger partial charge in [0.2, 0.25) is 0 Å². The number of halogens is 2. The summed E-state index contributed by atoms with van der Waals surface area (Å²) in [5.41, 5.74) is 2.21. The van der Waals surface area contributed by atoms with Gasteiger partial charge in [-0.15, -0.1) is 5.10 Å². The van der Waals surface area contributed by atoms with E-state index in [0.717, 1.165) is 17.7 Å². The first-order chi connectivity index (χ1) is 13.5. The van der Waals surface area contributed by atoms with E-state index in [9.17, 15) is 14.4 Å². The molecule has 6 nitrogen and oxygen atoms in total. The Labute approximate surface area is 168 Å². The average molecular weight is 402 g/mol. The van der Waals surface area contributed by atoms with Crippen molar-refractivity contribution in [2.75, 3.05) is 31.1 Å². The van der Waals surface area contributed by atoms with E-state index in [1.54, 1.807) is 4.90 Å². The lowest BCUT2D eigenvalue weighted by Gasteiger charge is -2.36. The van der Waals surface area contributed by atoms with E-state index in [4.69, 9.17) is 11.6 Å². The molecule has 1 amide bonds. The molecule has 1 aromatic heterocycles. The minimum atomic E-state index is -0.625. The minimum Gasteiger partial charge on any atom is -0.350 e. The number of rotatable bonds is 4. The van der Waals surface area contributed by atoms with E-state index in [2.05, 4.69) is 16.3 Å². The van der Waals surface area contributed by atoms with Crippen molar-refractivity contribution in [1.29, 1.82) is 5.26 Å². The number of hydrogen-bond donors (Lipinski definition) is 0. The van der Waals surface area contributed by atoms with Crippen molar-refractivity contribution in [2.24, 2.45) is 0 Å². The zero-order valence-corrected chi connectivity index (χ0v) is 16.6. The Morgan fingerprint density at radius 2 is 1.93 bits per heavy atom. The number of aryl methyl sites for hydroxylation is 1. The van der Waals surface area contributed by atoms with E-state index in [1.165, 1.54) is 18.2 Å². The summed E-state index contributed by atoms with van der Waals surface area (Å²) >= 11 is 6.02. The lowest BCUT2D eigenvalue weighted by molar-refractivity contribution is 0.0742. The predicted octanol–water partition coefficient (Wildman–Crippen LogP) is 3.23. The molecule has 0 unspecified atom stereocenters. The van der Waals surface area contributed by atoms with Crippen LogP contribution in [-0.2, 0) is 12.8 Å². The fraction of sp³-hybridized carbons (Fsp3) is 0.400. The van der Waals surface area contributed by atoms with Crippen LogP contribution in [0.4, 0.5) is 10.2 Å². The number of aromatic nitrogens is 2. The van der Waals surface area contributed by atoms with Crippen LogP contribution in [0.3, 0.4) is 0 Å². The van der Waals surface area contributed by atoms with Crippen LogP contribution in [0, 0.1) is 17.1 Å². The molecule has 146 valence electrons. The molecule has 0 atom stereocenters. The van der Waals surface area contributed by atoms with Gasteiger partial charge in [-0.05, 0) is 30.5 Å². The molecule has 0 spiro atoms. The maximum atomic E-state index is 14.1. The lowest BCUT2D eigenvalue weighted by atomic mass is 10.0. The minimum absolute atomic E-state index is 0.101. The third-order valence-corrected chi connectivity index (χ3v) is 5.30. The first kappa shape index (κ1) is 20.0. The van der Waals surface area contributed by atoms with Crippen LogP contribution in [0.25, 0.3) is 0 Å². The number of piperazine rings is 1. The molecule has 0 bridgehead atoms. The SMILES string of the molecule is CCc1nnc(N2CCN(C(=O)c3c(F)cccc3Cl)CC2)c(C#N)c1CC. The second kappa shape index (κ2) is 8.53. The molecule has 1 aliphatic heterocycles. The Morgan fingerprint density at radius 1 is 1.21 bits per heavy atom. The molecule has 0 radical (unpaired) electrons. The summed E-state index contributed by atoms with van der Waals surface area (Å²) in [7, 11) is 0. The van der Waals surface area contributed by atoms with Crippen molar-refractivity contribution in [2.45, 2.75) is 26.7 Å². The molecule has 0 aliphatic carbocycles. The smallest absolute Gasteiger partial charge is 0.258 e. The van der Waals surface area contributed by atoms with E-state index in [0.29, 0.717) is 44.0 Å². The number of carbonyl (C=O) groups excluding carboxylic acids is 1. The van der Waals surface area contributed by atoms with Crippen LogP contribution in [0.2, 0.25) is 5.02 Å². The van der Waals surface area contributed by atoms with Crippen LogP contribution in [0.15, 0.2) is 18.2 Å². The number of carbonyl (C=O) groups is 1. The second-order valence-corrected chi connectivity index (χ2v) is 6.93. The van der Waals surface area contributed by atoms with Crippen LogP contribution in [-0.4, -0.2) is 47.2 Å². The van der Waals surface area contributed by atoms with Crippen LogP contribution < -0.4 is 4.90 Å². The first-order valence-electron chi connectivity index (χ1n) is 9.28. The molecule has 1 aromatic carbocycles. The number of anilines is 1. The van der Waals surface area contributed by atoms with Gasteiger partial charge in [0.05, 0.1) is 16.3 Å². The summed E-state index contributed by atoms with van der Waals surface area (Å²) in [6.45, 7) is 5.71. The van der Waals surface area contributed by atoms with Gasteiger partial charge in [-0.2, -0.15) is 10.4 Å². The van der Waals surface area contributed by atoms with Gasteiger partial charge in [-0.25, -0.2) is 4.39 Å². The zero-order valence-electron chi connectivity index (χ0n) is 15.9. The molecule has 8 heteroatoms. The third-order valence-electron chi connectivity index (χ3n) is 4.98. The molecule has 1 saturated heterocycles. The van der Waals surface area contributed by atoms with Crippen LogP contribution in [0.1, 0.15) is 41.0 Å². The Kier molecular flexibility index (Phi) is 6.10. The van der Waals surface area contributed by atoms with Crippen molar-refractivity contribution in [3.63, 3.8) is 0 Å². The predicted molar refractivity (Wildman–Crippen MR) is 105 cm³/mol. The van der Waals surface area contributed by atoms with E-state index in [-0.39, 0.29) is 10.6 Å². The summed E-state index contributed by atoms with van der Waals surface area (Å²) in [5.74, 6) is -0.502. The molecule has 2 aromatic rings. The fourth-order valence-corrected chi connectivity index (χ4v) is 3.73. The second-order valence-electron chi connectivity index (χ2n) is 6.52. The molecule has 2 heterocycles. The summed E-state index contributed by atoms with van der Waals surface area (Å²) in [6.07, 6.45) is 1.43. The Bertz CT molecular complexity index is 915. The van der Waals surface area contributed by atoms with Crippen LogP contribution in [0.5, 0.6) is 0 Å². The third kappa shape index (κ3) is 3.65. The Morgan fingerprint density at radius 3 is 2.50 bits per heavy atom. The van der Waals surface area contributed by atoms with E-state index < -0.39 is 11.7 Å². The standard InChI is InChI=1S/C20H21ClFN5O/c1-3-13-14(12-23)19(25-24-17(13)4-2)26-8-10-27(11-9-26)20(28)18-15(21)6-5-7-16(18)22/h5-7H,3-4,8-11H2,1-2H3. The topological polar surface area (TPSA) is 73.1 Å². The summed E-state index contributed by atoms with van der Waals surface area (Å²) in [4.78, 5) is 16.2. The monoisotopic (exact) mass is 401 g/mol. The first-order valence-corrected chi connectivity index (χ1v) is 9.66. The summed E-state index contributed by atoms with van der Waals surface area (Å²) in [5, 5.41) is 18.3. The van der Waals surface area contributed by atoms with Gasteiger partial charge in [0.15, 0.2) is 5.82 Å². The number of amides is 1. The quantitative estimate of drug-likeness (QED) is 0.786. The van der Waals surface area contributed by atoms with Gasteiger partial charge in [0, 0.05) is 26.2 Å². The van der Waals surface area contributed by atoms with Crippen molar-refractivity contribution in [3.8, 4) is 6.07 Å². The number of nitrogens with zero attached hydrogens (tertiary/aromatic N) is 5. The van der Waals surface area contributed by atoms with Gasteiger partial charge in [-0.3, -0.25) is 4.79 Å². The highest BCUT2D eigenvalue weighted by Gasteiger charge is 2.28. The largest absolute Gasteiger partial charge is 0.350 e. The van der Waals surface area contributed by atoms with Gasteiger partial charge in [-0.1, -0.05) is 31.5 Å². The summed E-state index contributed by atoms with van der Waals surface area (Å²) in [6, 6.07) is 6.47. The fourth-order valence-electron chi connectivity index (χ4n) is 3.48. The number of benzene rings is 1. The number of nitriles is 1. The molecule has 0 N–H and O–H groups in total. The normalized spacial score (nSPS) is 14.1. The zero-order chi connectivity index (χ0) is 20.3. The molecular formula is C20H21ClFN5O. The maximum absolute atomic E-state index is 14.1. The molecular weight excluding hydrogens is 381 g/mol. The van der Waals surface area contributed by atoms with Crippen molar-refractivity contribution in [1.82, 2.24) is 15.1 Å². The molecule has 1 fully saturated rings. The van der Waals surface area contributed by atoms with Gasteiger partial charge in [0.25, 0.3) is 5.91 Å². The van der Waals surface area contributed by atoms with Crippen molar-refractivity contribution in [3.05, 3.63) is 51.4 Å². The van der Waals surface area contributed by atoms with Crippen LogP contribution >= 0.6 is 11.6 Å². The van der Waals surface area contributed by atoms with Gasteiger partial charge in [0.1, 0.15) is 17.4 Å². The van der Waals surface area contributed by atoms with Gasteiger partial charge < -0.3 is 9.80 Å². The van der Waals surface area contributed by atoms with Crippen molar-refractivity contribution >= 4 is 23.3 Å². The van der Waals surface area contributed by atoms with Crippen molar-refractivity contribution < 1.29 is 9.18 Å². The molecule has 3 rings (SSSR count).